The predicted octanol–water partition coefficient (Wildman–Crippen LogP) is 7.08. The number of morpholine rings is 2. The lowest BCUT2D eigenvalue weighted by Crippen LogP contribution is -2.38. The van der Waals surface area contributed by atoms with Crippen LogP contribution >= 0.6 is 11.6 Å². The molecule has 356 valence electrons. The summed E-state index contributed by atoms with van der Waals surface area (Å²) >= 11 is 5.70. The molecule has 19 heteroatoms. The third kappa shape index (κ3) is 13.6. The largest absolute Gasteiger partial charge is 0.492 e. The summed E-state index contributed by atoms with van der Waals surface area (Å²) in [5.41, 5.74) is 7.24. The van der Waals surface area contributed by atoms with Gasteiger partial charge in [-0.25, -0.2) is 16.8 Å². The highest BCUT2D eigenvalue weighted by Crippen LogP contribution is 2.37. The summed E-state index contributed by atoms with van der Waals surface area (Å²) in [7, 11) is -6.70. The molecule has 2 aliphatic heterocycles. The molecule has 4 aromatic carbocycles. The van der Waals surface area contributed by atoms with Crippen molar-refractivity contribution in [3.63, 3.8) is 0 Å². The van der Waals surface area contributed by atoms with Crippen molar-refractivity contribution in [1.29, 1.82) is 10.5 Å². The zero-order valence-electron chi connectivity index (χ0n) is 38.2. The molecule has 67 heavy (non-hydrogen) atoms. The molecule has 0 atom stereocenters. The zero-order chi connectivity index (χ0) is 48.0. The van der Waals surface area contributed by atoms with Crippen molar-refractivity contribution in [2.75, 3.05) is 100 Å². The van der Waals surface area contributed by atoms with Crippen LogP contribution in [0.4, 0.5) is 11.4 Å². The number of halogens is 1. The minimum absolute atomic E-state index is 0.398. The third-order valence-electron chi connectivity index (χ3n) is 10.8. The number of nitrogens with one attached hydrogen (secondary N) is 3. The molecule has 3 N–H and O–H groups in total. The fourth-order valence-electron chi connectivity index (χ4n) is 7.93. The Bertz CT molecular complexity index is 2910. The molecule has 0 radical (unpaired) electrons. The molecule has 2 fully saturated rings. The highest BCUT2D eigenvalue weighted by molar-refractivity contribution is 7.92. The molecule has 0 spiro atoms. The van der Waals surface area contributed by atoms with E-state index in [9.17, 15) is 27.4 Å². The van der Waals surface area contributed by atoms with Crippen molar-refractivity contribution in [2.45, 2.75) is 26.9 Å². The quantitative estimate of drug-likeness (QED) is 0.0885. The summed E-state index contributed by atoms with van der Waals surface area (Å²) in [5, 5.41) is 24.6. The SMILES string of the molecule is C1COCCN1.CCn1c(-c2ccc(NS(C)(=O)=O)cc2)c(C#N)c2ccc(OCCCl)cc21.CCn1c(-c2ccc(NS(C)(=O)=O)cc2)c(C#N)c2ccc(OCCN3CCOCC3)cc21. The number of aryl methyl sites for hydroxylation is 2. The Morgan fingerprint density at radius 3 is 1.45 bits per heavy atom. The number of aromatic nitrogens is 2. The van der Waals surface area contributed by atoms with Crippen LogP contribution in [0, 0.1) is 22.7 Å². The van der Waals surface area contributed by atoms with Crippen molar-refractivity contribution < 1.29 is 35.8 Å². The van der Waals surface area contributed by atoms with Gasteiger partial charge in [0.05, 0.1) is 78.4 Å². The van der Waals surface area contributed by atoms with Gasteiger partial charge in [-0.3, -0.25) is 14.3 Å². The fraction of sp³-hybridized carbons (Fsp3) is 0.375. The standard InChI is InChI=1S/C24H28N4O4S.C20H20ClN3O3S.C4H9NO/c1-3-28-23-16-20(32-15-12-27-10-13-31-14-11-27)8-9-21(23)22(17-25)24(28)18-4-6-19(7-5-18)26-33(2,29)30;1-3-24-19-12-16(27-11-10-21)8-9-17(19)18(13-22)20(24)14-4-6-15(7-5-14)23-28(2,25)26;1-3-6-4-2-5-1/h4-9,16,26H,3,10-15H2,1-2H3;4-9,12,23H,3,10-11H2,1-2H3;5H,1-4H2. The van der Waals surface area contributed by atoms with E-state index >= 15 is 0 Å². The highest BCUT2D eigenvalue weighted by atomic mass is 35.5. The van der Waals surface area contributed by atoms with E-state index in [0.29, 0.717) is 60.4 Å². The van der Waals surface area contributed by atoms with E-state index in [1.54, 1.807) is 36.4 Å². The van der Waals surface area contributed by atoms with Gasteiger partial charge in [0.25, 0.3) is 0 Å². The van der Waals surface area contributed by atoms with Crippen LogP contribution in [0.3, 0.4) is 0 Å². The molecule has 0 bridgehead atoms. The number of rotatable bonds is 15. The normalized spacial score (nSPS) is 14.2. The van der Waals surface area contributed by atoms with Crippen LogP contribution in [0.1, 0.15) is 25.0 Å². The van der Waals surface area contributed by atoms with E-state index in [1.165, 1.54) is 0 Å². The lowest BCUT2D eigenvalue weighted by Gasteiger charge is -2.26. The minimum Gasteiger partial charge on any atom is -0.492 e. The maximum absolute atomic E-state index is 11.5. The van der Waals surface area contributed by atoms with Gasteiger partial charge >= 0.3 is 0 Å². The summed E-state index contributed by atoms with van der Waals surface area (Å²) in [5.74, 6) is 1.87. The van der Waals surface area contributed by atoms with E-state index in [2.05, 4.69) is 40.9 Å². The first-order valence-corrected chi connectivity index (χ1v) is 26.3. The molecular weight excluding hydrogens is 916 g/mol. The van der Waals surface area contributed by atoms with E-state index in [-0.39, 0.29) is 0 Å². The van der Waals surface area contributed by atoms with Gasteiger partial charge in [0.2, 0.25) is 20.0 Å². The Morgan fingerprint density at radius 1 is 0.657 bits per heavy atom. The maximum Gasteiger partial charge on any atom is 0.229 e. The average molecular weight is 974 g/mol. The van der Waals surface area contributed by atoms with Gasteiger partial charge in [0, 0.05) is 80.1 Å². The minimum atomic E-state index is -3.35. The number of anilines is 2. The van der Waals surface area contributed by atoms with Crippen molar-refractivity contribution >= 4 is 64.8 Å². The first-order chi connectivity index (χ1) is 32.3. The van der Waals surface area contributed by atoms with E-state index < -0.39 is 20.0 Å². The van der Waals surface area contributed by atoms with Gasteiger partial charge in [-0.15, -0.1) is 11.6 Å². The number of alkyl halides is 1. The Balaban J connectivity index is 0.000000198. The third-order valence-corrected chi connectivity index (χ3v) is 12.2. The topological polar surface area (TPSA) is 202 Å². The average Bonchev–Trinajstić information content (AvgIpc) is 3.82. The number of hydrogen-bond acceptors (Lipinski definition) is 12. The second kappa shape index (κ2) is 23.8. The maximum atomic E-state index is 11.5. The van der Waals surface area contributed by atoms with Crippen LogP contribution in [-0.2, 0) is 42.6 Å². The summed E-state index contributed by atoms with van der Waals surface area (Å²) in [6.07, 6.45) is 2.22. The van der Waals surface area contributed by atoms with Crippen molar-refractivity contribution in [3.05, 3.63) is 96.1 Å². The molecule has 4 heterocycles. The van der Waals surface area contributed by atoms with Gasteiger partial charge in [-0.05, 0) is 73.5 Å². The van der Waals surface area contributed by atoms with Crippen LogP contribution < -0.4 is 24.2 Å². The molecule has 2 saturated heterocycles. The van der Waals surface area contributed by atoms with Gasteiger partial charge < -0.3 is 33.4 Å². The first kappa shape index (κ1) is 50.6. The Morgan fingerprint density at radius 2 is 1.09 bits per heavy atom. The number of hydrogen-bond donors (Lipinski definition) is 3. The molecule has 0 unspecified atom stereocenters. The molecular formula is C48H57ClN8O8S2. The first-order valence-electron chi connectivity index (χ1n) is 22.0. The number of fused-ring (bicyclic) bond motifs is 2. The predicted molar refractivity (Wildman–Crippen MR) is 265 cm³/mol. The van der Waals surface area contributed by atoms with Crippen molar-refractivity contribution in [3.8, 4) is 46.2 Å². The van der Waals surface area contributed by atoms with Crippen molar-refractivity contribution in [1.82, 2.24) is 19.4 Å². The zero-order valence-corrected chi connectivity index (χ0v) is 40.6. The smallest absolute Gasteiger partial charge is 0.229 e. The number of sulfonamides is 2. The van der Waals surface area contributed by atoms with Crippen LogP contribution in [-0.4, -0.2) is 122 Å². The van der Waals surface area contributed by atoms with Crippen molar-refractivity contribution in [2.24, 2.45) is 0 Å². The number of benzene rings is 4. The second-order valence-electron chi connectivity index (χ2n) is 15.6. The lowest BCUT2D eigenvalue weighted by atomic mass is 10.1. The Labute approximate surface area is 398 Å². The molecule has 0 amide bonds. The van der Waals surface area contributed by atoms with Gasteiger partial charge in [-0.2, -0.15) is 10.5 Å². The van der Waals surface area contributed by atoms with Crippen LogP contribution in [0.15, 0.2) is 84.9 Å². The van der Waals surface area contributed by atoms with Crippen LogP contribution in [0.2, 0.25) is 0 Å². The lowest BCUT2D eigenvalue weighted by molar-refractivity contribution is 0.0322. The molecule has 16 nitrogen and oxygen atoms in total. The Kier molecular flexibility index (Phi) is 17.9. The number of ether oxygens (including phenoxy) is 4. The van der Waals surface area contributed by atoms with E-state index in [0.717, 1.165) is 122 Å². The van der Waals surface area contributed by atoms with Gasteiger partial charge in [0.15, 0.2) is 0 Å². The Hall–Kier alpha value is -5.83. The summed E-state index contributed by atoms with van der Waals surface area (Å²) in [6, 6.07) is 30.2. The second-order valence-corrected chi connectivity index (χ2v) is 19.5. The molecule has 0 saturated carbocycles. The molecule has 0 aliphatic carbocycles. The number of nitriles is 2. The van der Waals surface area contributed by atoms with E-state index in [1.807, 2.05) is 62.4 Å². The summed E-state index contributed by atoms with van der Waals surface area (Å²) in [6.45, 7) is 14.4. The molecule has 8 rings (SSSR count). The molecule has 2 aliphatic rings. The fourth-order valence-corrected chi connectivity index (χ4v) is 9.14. The summed E-state index contributed by atoms with van der Waals surface area (Å²) < 4.78 is 76.9. The monoisotopic (exact) mass is 972 g/mol. The highest BCUT2D eigenvalue weighted by Gasteiger charge is 2.21. The molecule has 2 aromatic heterocycles. The summed E-state index contributed by atoms with van der Waals surface area (Å²) in [4.78, 5) is 2.32. The van der Waals surface area contributed by atoms with Gasteiger partial charge in [0.1, 0.15) is 36.9 Å². The van der Waals surface area contributed by atoms with E-state index in [4.69, 9.17) is 30.5 Å². The molecule has 6 aromatic rings. The number of nitrogens with zero attached hydrogens (tertiary/aromatic N) is 5. The van der Waals surface area contributed by atoms with Gasteiger partial charge in [-0.1, -0.05) is 24.3 Å². The van der Waals surface area contributed by atoms with Crippen LogP contribution in [0.5, 0.6) is 11.5 Å². The van der Waals surface area contributed by atoms with Crippen LogP contribution in [0.25, 0.3) is 44.3 Å².